The van der Waals surface area contributed by atoms with Crippen molar-refractivity contribution in [2.24, 2.45) is 5.73 Å². The van der Waals surface area contributed by atoms with Gasteiger partial charge in [0.2, 0.25) is 0 Å². The summed E-state index contributed by atoms with van der Waals surface area (Å²) in [6, 6.07) is 0.333. The molecule has 0 aromatic rings. The second-order valence-corrected chi connectivity index (χ2v) is 1.24. The third-order valence-electron chi connectivity index (χ3n) is 0. The zero-order valence-electron chi connectivity index (χ0n) is 4.35. The normalized spacial score (nSPS) is 6.14. The summed E-state index contributed by atoms with van der Waals surface area (Å²) in [5, 5.41) is 0. The van der Waals surface area contributed by atoms with Crippen molar-refractivity contribution in [2.45, 2.75) is 19.9 Å². The van der Waals surface area contributed by atoms with Gasteiger partial charge in [0, 0.05) is 0 Å². The van der Waals surface area contributed by atoms with Crippen molar-refractivity contribution in [3.63, 3.8) is 0 Å². The molecule has 0 aliphatic heterocycles. The Bertz CT molecular complexity index is 19.7. The summed E-state index contributed by atoms with van der Waals surface area (Å²) in [4.78, 5) is 0. The van der Waals surface area contributed by atoms with Gasteiger partial charge in [-0.2, -0.15) is 0 Å². The Morgan fingerprint density at radius 1 is 1.43 bits per heavy atom. The van der Waals surface area contributed by atoms with Gasteiger partial charge in [0.1, 0.15) is 0 Å². The fourth-order valence-corrected chi connectivity index (χ4v) is 0. The van der Waals surface area contributed by atoms with E-state index >= 15 is 0 Å². The van der Waals surface area contributed by atoms with Crippen LogP contribution in [-0.2, 0) is 18.8 Å². The number of nitrogens with two attached hydrogens (primary N) is 1. The van der Waals surface area contributed by atoms with Crippen LogP contribution in [0.1, 0.15) is 13.8 Å². The van der Waals surface area contributed by atoms with E-state index in [-0.39, 0.29) is 5.48 Å². The van der Waals surface area contributed by atoms with E-state index < -0.39 is 0 Å². The third-order valence-corrected chi connectivity index (χ3v) is 0. The Kier molecular flexibility index (Phi) is 35.3. The van der Waals surface area contributed by atoms with Gasteiger partial charge in [-0.1, -0.05) is 13.8 Å². The monoisotopic (exact) mass is 307 g/mol. The minimum absolute atomic E-state index is 0. The van der Waals surface area contributed by atoms with Crippen molar-refractivity contribution < 1.29 is 24.2 Å². The molecule has 0 heterocycles. The fraction of sp³-hybridized carbons (Fsp3) is 1.00. The van der Waals surface area contributed by atoms with Crippen molar-refractivity contribution in [2.75, 3.05) is 0 Å². The van der Waals surface area contributed by atoms with Crippen LogP contribution in [0, 0.1) is 0 Å². The molecule has 0 fully saturated rings. The SMILES string of the molecule is CC(C)N.O.[Cl][Pt]. The first kappa shape index (κ1) is 15.7. The van der Waals surface area contributed by atoms with Gasteiger partial charge in [-0.05, 0) is 6.04 Å². The fourth-order valence-electron chi connectivity index (χ4n) is 0. The second kappa shape index (κ2) is 15.8. The standard InChI is InChI=1S/C3H9N.ClH.H2O.Pt/c1-3(2)4;;;/h3H,4H2,1-2H3;1H;1H2;/q;;;+1/p-1. The predicted octanol–water partition coefficient (Wildman–Crippen LogP) is 0.216. The Morgan fingerprint density at radius 2 is 1.43 bits per heavy atom. The minimum atomic E-state index is 0. The summed E-state index contributed by atoms with van der Waals surface area (Å²) in [5.74, 6) is 0. The summed E-state index contributed by atoms with van der Waals surface area (Å²) in [7, 11) is 4.61. The second-order valence-electron chi connectivity index (χ2n) is 1.24. The Morgan fingerprint density at radius 3 is 1.43 bits per heavy atom. The maximum atomic E-state index is 5.11. The molecule has 0 saturated heterocycles. The molecule has 4 heteroatoms. The van der Waals surface area contributed by atoms with E-state index in [1.165, 1.54) is 0 Å². The van der Waals surface area contributed by atoms with Crippen LogP contribution in [0.3, 0.4) is 0 Å². The Hall–Kier alpha value is 0.898. The summed E-state index contributed by atoms with van der Waals surface area (Å²) in [5.41, 5.74) is 5.11. The summed E-state index contributed by atoms with van der Waals surface area (Å²) in [6.07, 6.45) is 0. The van der Waals surface area contributed by atoms with Gasteiger partial charge in [0.05, 0.1) is 0 Å². The maximum absolute atomic E-state index is 5.11. The van der Waals surface area contributed by atoms with Gasteiger partial charge >= 0.3 is 28.2 Å². The molecule has 0 aliphatic carbocycles. The third kappa shape index (κ3) is 205. The topological polar surface area (TPSA) is 57.5 Å². The Labute approximate surface area is 59.5 Å². The van der Waals surface area contributed by atoms with Gasteiger partial charge < -0.3 is 11.2 Å². The van der Waals surface area contributed by atoms with Gasteiger partial charge in [-0.25, -0.2) is 0 Å². The van der Waals surface area contributed by atoms with Crippen molar-refractivity contribution in [1.29, 1.82) is 0 Å². The van der Waals surface area contributed by atoms with E-state index in [9.17, 15) is 0 Å². The van der Waals surface area contributed by atoms with Crippen LogP contribution in [0.2, 0.25) is 0 Å². The van der Waals surface area contributed by atoms with E-state index in [0.717, 1.165) is 0 Å². The van der Waals surface area contributed by atoms with Crippen LogP contribution in [-0.4, -0.2) is 11.5 Å². The summed E-state index contributed by atoms with van der Waals surface area (Å²) >= 11 is 1.61. The van der Waals surface area contributed by atoms with Crippen LogP contribution in [0.4, 0.5) is 0 Å². The van der Waals surface area contributed by atoms with Gasteiger partial charge in [0.25, 0.3) is 0 Å². The molecule has 0 rings (SSSR count). The first-order chi connectivity index (χ1) is 2.73. The zero-order chi connectivity index (χ0) is 5.58. The molecule has 0 bridgehead atoms. The van der Waals surface area contributed by atoms with Crippen molar-refractivity contribution >= 4 is 9.42 Å². The van der Waals surface area contributed by atoms with Gasteiger partial charge in [-0.15, -0.1) is 0 Å². The molecule has 0 aromatic heterocycles. The number of hydrogen-bond donors (Lipinski definition) is 1. The van der Waals surface area contributed by atoms with Crippen LogP contribution in [0.5, 0.6) is 0 Å². The van der Waals surface area contributed by atoms with E-state index in [4.69, 9.17) is 5.73 Å². The van der Waals surface area contributed by atoms with Gasteiger partial charge in [-0.3, -0.25) is 0 Å². The number of hydrogen-bond acceptors (Lipinski definition) is 1. The molecule has 51 valence electrons. The average Bonchev–Trinajstić information content (AvgIpc) is 1.41. The van der Waals surface area contributed by atoms with Crippen LogP contribution in [0.15, 0.2) is 0 Å². The van der Waals surface area contributed by atoms with Crippen LogP contribution < -0.4 is 5.73 Å². The van der Waals surface area contributed by atoms with E-state index in [2.05, 4.69) is 9.42 Å². The average molecular weight is 308 g/mol. The predicted molar refractivity (Wildman–Crippen MR) is 28.8 cm³/mol. The molecular formula is C3H11ClNOPt. The van der Waals surface area contributed by atoms with Crippen molar-refractivity contribution in [3.05, 3.63) is 0 Å². The summed E-state index contributed by atoms with van der Waals surface area (Å²) < 4.78 is 0. The van der Waals surface area contributed by atoms with Crippen molar-refractivity contribution in [3.8, 4) is 0 Å². The van der Waals surface area contributed by atoms with Gasteiger partial charge in [0.15, 0.2) is 0 Å². The van der Waals surface area contributed by atoms with Crippen LogP contribution >= 0.6 is 9.42 Å². The molecule has 2 nitrogen and oxygen atoms in total. The van der Waals surface area contributed by atoms with E-state index in [1.807, 2.05) is 13.8 Å². The van der Waals surface area contributed by atoms with E-state index in [0.29, 0.717) is 6.04 Å². The molecule has 0 radical (unpaired) electrons. The molecule has 0 spiro atoms. The zero-order valence-corrected chi connectivity index (χ0v) is 7.38. The van der Waals surface area contributed by atoms with E-state index in [1.54, 1.807) is 18.8 Å². The molecule has 0 amide bonds. The Balaban J connectivity index is -0.0000000480. The molecule has 0 aliphatic rings. The molecule has 0 aromatic carbocycles. The first-order valence-electron chi connectivity index (χ1n) is 1.61. The van der Waals surface area contributed by atoms with Crippen molar-refractivity contribution in [1.82, 2.24) is 0 Å². The number of halogens is 1. The molecule has 0 saturated carbocycles. The quantitative estimate of drug-likeness (QED) is 0.684. The summed E-state index contributed by atoms with van der Waals surface area (Å²) in [6.45, 7) is 3.89. The number of rotatable bonds is 0. The molecule has 0 unspecified atom stereocenters. The molecule has 0 atom stereocenters. The molecule has 4 N–H and O–H groups in total. The van der Waals surface area contributed by atoms with Crippen LogP contribution in [0.25, 0.3) is 0 Å². The molecular weight excluding hydrogens is 297 g/mol. The molecule has 7 heavy (non-hydrogen) atoms. The first-order valence-corrected chi connectivity index (χ1v) is 4.42.